The molecule has 0 atom stereocenters. The maximum absolute atomic E-state index is 5.66. The Morgan fingerprint density at radius 1 is 0.867 bits per heavy atom. The van der Waals surface area contributed by atoms with Gasteiger partial charge in [0.05, 0.1) is 11.2 Å². The van der Waals surface area contributed by atoms with Crippen LogP contribution in [0.1, 0.15) is 17.5 Å². The molecule has 152 valence electrons. The van der Waals surface area contributed by atoms with Crippen LogP contribution < -0.4 is 16.4 Å². The van der Waals surface area contributed by atoms with Crippen molar-refractivity contribution < 1.29 is 0 Å². The van der Waals surface area contributed by atoms with Gasteiger partial charge < -0.3 is 16.4 Å². The highest BCUT2D eigenvalue weighted by Crippen LogP contribution is 2.28. The van der Waals surface area contributed by atoms with Crippen LogP contribution in [0.3, 0.4) is 0 Å². The Balaban J connectivity index is 1.68. The lowest BCUT2D eigenvalue weighted by Gasteiger charge is -2.13. The summed E-state index contributed by atoms with van der Waals surface area (Å²) in [5.41, 5.74) is 11.0. The molecule has 30 heavy (non-hydrogen) atoms. The fourth-order valence-corrected chi connectivity index (χ4v) is 3.33. The molecule has 0 amide bonds. The molecule has 0 saturated heterocycles. The van der Waals surface area contributed by atoms with Gasteiger partial charge in [-0.25, -0.2) is 9.97 Å². The number of nitrogens with zero attached hydrogens (tertiary/aromatic N) is 2. The van der Waals surface area contributed by atoms with Crippen molar-refractivity contribution in [3.63, 3.8) is 0 Å². The van der Waals surface area contributed by atoms with Crippen LogP contribution in [0.2, 0.25) is 0 Å². The van der Waals surface area contributed by atoms with Crippen LogP contribution in [0.5, 0.6) is 0 Å². The number of hydrogen-bond donors (Lipinski definition) is 3. The minimum absolute atomic E-state index is 0.647. The van der Waals surface area contributed by atoms with Crippen LogP contribution >= 0.6 is 0 Å². The van der Waals surface area contributed by atoms with E-state index in [0.717, 1.165) is 53.3 Å². The van der Waals surface area contributed by atoms with Gasteiger partial charge in [-0.1, -0.05) is 60.2 Å². The Morgan fingerprint density at radius 3 is 2.43 bits per heavy atom. The van der Waals surface area contributed by atoms with E-state index in [1.165, 1.54) is 11.1 Å². The molecule has 4 N–H and O–H groups in total. The molecular formula is C25H27N5. The Labute approximate surface area is 177 Å². The third-order valence-electron chi connectivity index (χ3n) is 5.02. The van der Waals surface area contributed by atoms with Crippen LogP contribution in [0.15, 0.2) is 72.8 Å². The number of hydrogen-bond acceptors (Lipinski definition) is 5. The van der Waals surface area contributed by atoms with Crippen molar-refractivity contribution in [1.29, 1.82) is 0 Å². The van der Waals surface area contributed by atoms with Gasteiger partial charge in [-0.3, -0.25) is 0 Å². The number of fused-ring (bicyclic) bond motifs is 1. The quantitative estimate of drug-likeness (QED) is 0.366. The average Bonchev–Trinajstić information content (AvgIpc) is 2.78. The normalized spacial score (nSPS) is 10.9. The van der Waals surface area contributed by atoms with E-state index in [9.17, 15) is 0 Å². The smallest absolute Gasteiger partial charge is 0.136 e. The largest absolute Gasteiger partial charge is 0.369 e. The van der Waals surface area contributed by atoms with Crippen molar-refractivity contribution in [2.75, 3.05) is 23.7 Å². The SMILES string of the molecule is Cc1ccc(-c2cc3nc(NCc4ccccc4)ccc3c(NCCCN)n2)cc1. The lowest BCUT2D eigenvalue weighted by Crippen LogP contribution is -2.10. The lowest BCUT2D eigenvalue weighted by molar-refractivity contribution is 0.871. The molecule has 2 heterocycles. The van der Waals surface area contributed by atoms with Crippen molar-refractivity contribution in [2.24, 2.45) is 5.73 Å². The Hall–Kier alpha value is -3.44. The summed E-state index contributed by atoms with van der Waals surface area (Å²) in [6, 6.07) is 24.9. The predicted molar refractivity (Wildman–Crippen MR) is 126 cm³/mol. The molecule has 2 aromatic heterocycles. The standard InChI is InChI=1S/C25H27N5/c1-18-8-10-20(11-9-18)22-16-23-21(25(30-22)27-15-5-14-26)12-13-24(29-23)28-17-19-6-3-2-4-7-19/h2-4,6-13,16H,5,14-15,17,26H2,1H3,(H,27,30)(H,28,29). The number of aromatic nitrogens is 2. The fraction of sp³-hybridized carbons (Fsp3) is 0.200. The summed E-state index contributed by atoms with van der Waals surface area (Å²) in [7, 11) is 0. The highest BCUT2D eigenvalue weighted by atomic mass is 15.0. The second-order valence-electron chi connectivity index (χ2n) is 7.39. The molecule has 0 saturated carbocycles. The topological polar surface area (TPSA) is 75.9 Å². The maximum atomic E-state index is 5.66. The van der Waals surface area contributed by atoms with Gasteiger partial charge in [0.2, 0.25) is 0 Å². The van der Waals surface area contributed by atoms with Crippen LogP contribution in [-0.4, -0.2) is 23.1 Å². The molecule has 0 fully saturated rings. The summed E-state index contributed by atoms with van der Waals surface area (Å²) in [6.07, 6.45) is 0.891. The molecule has 0 aliphatic rings. The molecule has 4 aromatic rings. The zero-order valence-electron chi connectivity index (χ0n) is 17.2. The van der Waals surface area contributed by atoms with Gasteiger partial charge in [-0.15, -0.1) is 0 Å². The minimum atomic E-state index is 0.647. The van der Waals surface area contributed by atoms with Crippen LogP contribution in [-0.2, 0) is 6.54 Å². The van der Waals surface area contributed by atoms with Crippen molar-refractivity contribution in [3.8, 4) is 11.3 Å². The van der Waals surface area contributed by atoms with Crippen molar-refractivity contribution in [3.05, 3.63) is 83.9 Å². The molecule has 5 heteroatoms. The molecule has 0 spiro atoms. The van der Waals surface area contributed by atoms with E-state index in [2.05, 4.69) is 66.1 Å². The van der Waals surface area contributed by atoms with E-state index < -0.39 is 0 Å². The monoisotopic (exact) mass is 397 g/mol. The van der Waals surface area contributed by atoms with Crippen LogP contribution in [0, 0.1) is 6.92 Å². The van der Waals surface area contributed by atoms with E-state index in [4.69, 9.17) is 15.7 Å². The van der Waals surface area contributed by atoms with Gasteiger partial charge in [0, 0.05) is 24.0 Å². The van der Waals surface area contributed by atoms with Crippen molar-refractivity contribution >= 4 is 22.5 Å². The third kappa shape index (κ3) is 4.75. The van der Waals surface area contributed by atoms with Gasteiger partial charge in [-0.05, 0) is 43.7 Å². The second kappa shape index (κ2) is 9.37. The maximum Gasteiger partial charge on any atom is 0.136 e. The number of nitrogens with two attached hydrogens (primary N) is 1. The number of pyridine rings is 2. The lowest BCUT2D eigenvalue weighted by atomic mass is 10.1. The first-order chi connectivity index (χ1) is 14.7. The van der Waals surface area contributed by atoms with E-state index >= 15 is 0 Å². The summed E-state index contributed by atoms with van der Waals surface area (Å²) >= 11 is 0. The van der Waals surface area contributed by atoms with E-state index in [-0.39, 0.29) is 0 Å². The summed E-state index contributed by atoms with van der Waals surface area (Å²) in [6.45, 7) is 4.25. The van der Waals surface area contributed by atoms with Crippen molar-refractivity contribution in [1.82, 2.24) is 9.97 Å². The summed E-state index contributed by atoms with van der Waals surface area (Å²) in [5, 5.41) is 7.87. The number of rotatable bonds is 8. The molecule has 2 aromatic carbocycles. The van der Waals surface area contributed by atoms with Gasteiger partial charge in [-0.2, -0.15) is 0 Å². The second-order valence-corrected chi connectivity index (χ2v) is 7.39. The number of anilines is 2. The van der Waals surface area contributed by atoms with E-state index in [1.54, 1.807) is 0 Å². The first kappa shape index (κ1) is 19.9. The van der Waals surface area contributed by atoms with Crippen molar-refractivity contribution in [2.45, 2.75) is 19.9 Å². The first-order valence-electron chi connectivity index (χ1n) is 10.3. The Morgan fingerprint density at radius 2 is 1.67 bits per heavy atom. The van der Waals surface area contributed by atoms with E-state index in [0.29, 0.717) is 6.54 Å². The minimum Gasteiger partial charge on any atom is -0.369 e. The molecule has 5 nitrogen and oxygen atoms in total. The molecule has 0 radical (unpaired) electrons. The summed E-state index contributed by atoms with van der Waals surface area (Å²) in [4.78, 5) is 9.75. The predicted octanol–water partition coefficient (Wildman–Crippen LogP) is 4.98. The van der Waals surface area contributed by atoms with Gasteiger partial charge in [0.15, 0.2) is 0 Å². The number of nitrogens with one attached hydrogen (secondary N) is 2. The third-order valence-corrected chi connectivity index (χ3v) is 5.02. The van der Waals surface area contributed by atoms with Gasteiger partial charge in [0.1, 0.15) is 11.6 Å². The Bertz CT molecular complexity index is 1110. The zero-order chi connectivity index (χ0) is 20.8. The number of aryl methyl sites for hydroxylation is 1. The molecule has 4 rings (SSSR count). The molecule has 0 unspecified atom stereocenters. The van der Waals surface area contributed by atoms with Gasteiger partial charge >= 0.3 is 0 Å². The average molecular weight is 398 g/mol. The van der Waals surface area contributed by atoms with Crippen LogP contribution in [0.4, 0.5) is 11.6 Å². The summed E-state index contributed by atoms with van der Waals surface area (Å²) in [5.74, 6) is 1.69. The Kier molecular flexibility index (Phi) is 6.20. The zero-order valence-corrected chi connectivity index (χ0v) is 17.2. The highest BCUT2D eigenvalue weighted by molar-refractivity contribution is 5.93. The van der Waals surface area contributed by atoms with Crippen LogP contribution in [0.25, 0.3) is 22.2 Å². The fourth-order valence-electron chi connectivity index (χ4n) is 3.33. The summed E-state index contributed by atoms with van der Waals surface area (Å²) < 4.78 is 0. The molecule has 0 aliphatic carbocycles. The van der Waals surface area contributed by atoms with E-state index in [1.807, 2.05) is 24.3 Å². The number of benzene rings is 2. The highest BCUT2D eigenvalue weighted by Gasteiger charge is 2.10. The molecule has 0 aliphatic heterocycles. The molecule has 0 bridgehead atoms. The molecular weight excluding hydrogens is 370 g/mol. The first-order valence-corrected chi connectivity index (χ1v) is 10.3. The van der Waals surface area contributed by atoms with Gasteiger partial charge in [0.25, 0.3) is 0 Å².